The Morgan fingerprint density at radius 1 is 0.871 bits per heavy atom. The van der Waals surface area contributed by atoms with Gasteiger partial charge in [0.05, 0.1) is 34.4 Å². The van der Waals surface area contributed by atoms with Gasteiger partial charge < -0.3 is 10.6 Å². The van der Waals surface area contributed by atoms with Crippen LogP contribution < -0.4 is 10.6 Å². The van der Waals surface area contributed by atoms with Gasteiger partial charge >= 0.3 is 12.4 Å². The van der Waals surface area contributed by atoms with Crippen molar-refractivity contribution in [2.75, 3.05) is 17.2 Å². The summed E-state index contributed by atoms with van der Waals surface area (Å²) in [5, 5.41) is 22.3. The van der Waals surface area contributed by atoms with Crippen LogP contribution in [-0.4, -0.2) is 12.5 Å². The van der Waals surface area contributed by atoms with Crippen LogP contribution in [0.1, 0.15) is 22.3 Å². The maximum absolute atomic E-state index is 13.0. The number of nitrogens with zero attached hydrogens (tertiary/aromatic N) is 2. The average Bonchev–Trinajstić information content (AvgIpc) is 2.70. The monoisotopic (exact) mass is 438 g/mol. The van der Waals surface area contributed by atoms with E-state index in [2.05, 4.69) is 17.2 Å². The summed E-state index contributed by atoms with van der Waals surface area (Å²) in [6, 6.07) is 8.29. The Hall–Kier alpha value is -3.99. The topological polar surface area (TPSA) is 88.7 Å². The summed E-state index contributed by atoms with van der Waals surface area (Å²) >= 11 is 0. The Morgan fingerprint density at radius 3 is 1.77 bits per heavy atom. The SMILES string of the molecule is C=C(CNc1ccc(C#N)c(C(F)(F)F)c1)C(=O)Nc1ccc(C#N)c(C(F)(F)F)c1. The second-order valence-electron chi connectivity index (χ2n) is 6.15. The minimum absolute atomic E-state index is 0.0435. The molecule has 0 radical (unpaired) electrons. The summed E-state index contributed by atoms with van der Waals surface area (Å²) in [4.78, 5) is 12.2. The van der Waals surface area contributed by atoms with Gasteiger partial charge in [-0.25, -0.2) is 0 Å². The molecule has 1 amide bonds. The predicted molar refractivity (Wildman–Crippen MR) is 98.6 cm³/mol. The number of alkyl halides is 6. The van der Waals surface area contributed by atoms with Crippen molar-refractivity contribution in [1.29, 1.82) is 10.5 Å². The Morgan fingerprint density at radius 2 is 1.32 bits per heavy atom. The lowest BCUT2D eigenvalue weighted by molar-refractivity contribution is -0.138. The molecule has 0 atom stereocenters. The molecule has 2 N–H and O–H groups in total. The highest BCUT2D eigenvalue weighted by Gasteiger charge is 2.34. The first-order valence-electron chi connectivity index (χ1n) is 8.32. The molecule has 0 aliphatic heterocycles. The first kappa shape index (κ1) is 23.3. The molecule has 0 unspecified atom stereocenters. The van der Waals surface area contributed by atoms with Crippen LogP contribution in [0.25, 0.3) is 0 Å². The average molecular weight is 438 g/mol. The van der Waals surface area contributed by atoms with Crippen molar-refractivity contribution in [3.63, 3.8) is 0 Å². The minimum Gasteiger partial charge on any atom is -0.381 e. The number of hydrogen-bond acceptors (Lipinski definition) is 4. The van der Waals surface area contributed by atoms with Crippen molar-refractivity contribution in [3.05, 3.63) is 70.8 Å². The van der Waals surface area contributed by atoms with E-state index in [0.717, 1.165) is 18.2 Å². The minimum atomic E-state index is -4.81. The number of anilines is 2. The Labute approximate surface area is 172 Å². The van der Waals surface area contributed by atoms with Crippen molar-refractivity contribution >= 4 is 17.3 Å². The summed E-state index contributed by atoms with van der Waals surface area (Å²) in [5.41, 5.74) is -4.05. The molecule has 0 bridgehead atoms. The van der Waals surface area contributed by atoms with E-state index in [1.807, 2.05) is 0 Å². The van der Waals surface area contributed by atoms with E-state index in [0.29, 0.717) is 12.1 Å². The van der Waals surface area contributed by atoms with Gasteiger partial charge in [-0.3, -0.25) is 4.79 Å². The third-order valence-electron chi connectivity index (χ3n) is 3.98. The summed E-state index contributed by atoms with van der Waals surface area (Å²) < 4.78 is 78.0. The molecule has 0 saturated carbocycles. The molecule has 0 saturated heterocycles. The van der Waals surface area contributed by atoms with Gasteiger partial charge in [-0.1, -0.05) is 6.58 Å². The standard InChI is InChI=1S/C20H12F6N4O/c1-11(10-29-14-4-2-12(8-27)16(6-14)19(21,22)23)18(31)30-15-5-3-13(9-28)17(7-15)20(24,25)26/h2-7,29H,1,10H2,(H,30,31). The van der Waals surface area contributed by atoms with Crippen LogP contribution in [0.15, 0.2) is 48.6 Å². The summed E-state index contributed by atoms with van der Waals surface area (Å²) in [6.07, 6.45) is -9.57. The molecule has 31 heavy (non-hydrogen) atoms. The predicted octanol–water partition coefficient (Wildman–Crippen LogP) is 5.07. The normalized spacial score (nSPS) is 11.2. The van der Waals surface area contributed by atoms with Crippen LogP contribution in [0.2, 0.25) is 0 Å². The van der Waals surface area contributed by atoms with E-state index < -0.39 is 40.5 Å². The van der Waals surface area contributed by atoms with Gasteiger partial charge in [-0.05, 0) is 36.4 Å². The molecule has 0 aliphatic rings. The molecular weight excluding hydrogens is 426 g/mol. The number of halogens is 6. The number of nitriles is 2. The highest BCUT2D eigenvalue weighted by Crippen LogP contribution is 2.34. The van der Waals surface area contributed by atoms with Crippen molar-refractivity contribution in [2.24, 2.45) is 0 Å². The van der Waals surface area contributed by atoms with Gasteiger partial charge in [-0.2, -0.15) is 36.9 Å². The second-order valence-corrected chi connectivity index (χ2v) is 6.15. The summed E-state index contributed by atoms with van der Waals surface area (Å²) in [5.74, 6) is -0.880. The fourth-order valence-corrected chi connectivity index (χ4v) is 2.45. The van der Waals surface area contributed by atoms with Gasteiger partial charge in [0.25, 0.3) is 5.91 Å². The fourth-order valence-electron chi connectivity index (χ4n) is 2.45. The smallest absolute Gasteiger partial charge is 0.381 e. The lowest BCUT2D eigenvalue weighted by Crippen LogP contribution is -2.20. The molecular formula is C20H12F6N4O. The molecule has 0 spiro atoms. The van der Waals surface area contributed by atoms with Gasteiger partial charge in [-0.15, -0.1) is 0 Å². The molecule has 160 valence electrons. The van der Waals surface area contributed by atoms with Crippen molar-refractivity contribution in [2.45, 2.75) is 12.4 Å². The van der Waals surface area contributed by atoms with E-state index in [1.165, 1.54) is 18.2 Å². The van der Waals surface area contributed by atoms with Crippen molar-refractivity contribution in [3.8, 4) is 12.1 Å². The van der Waals surface area contributed by atoms with E-state index in [9.17, 15) is 31.1 Å². The van der Waals surface area contributed by atoms with Gasteiger partial charge in [0.2, 0.25) is 0 Å². The fraction of sp³-hybridized carbons (Fsp3) is 0.150. The van der Waals surface area contributed by atoms with Crippen LogP contribution in [0.4, 0.5) is 37.7 Å². The number of carbonyl (C=O) groups is 1. The third kappa shape index (κ3) is 5.76. The Bertz CT molecular complexity index is 1110. The van der Waals surface area contributed by atoms with E-state index in [1.54, 1.807) is 0 Å². The van der Waals surface area contributed by atoms with Crippen LogP contribution in [0.3, 0.4) is 0 Å². The Kier molecular flexibility index (Phi) is 6.61. The largest absolute Gasteiger partial charge is 0.417 e. The zero-order valence-corrected chi connectivity index (χ0v) is 15.4. The molecule has 0 aliphatic carbocycles. The number of nitrogens with one attached hydrogen (secondary N) is 2. The zero-order chi connectivity index (χ0) is 23.4. The lowest BCUT2D eigenvalue weighted by Gasteiger charge is -2.14. The summed E-state index contributed by atoms with van der Waals surface area (Å²) in [7, 11) is 0. The van der Waals surface area contributed by atoms with Crippen LogP contribution in [0.5, 0.6) is 0 Å². The molecule has 2 aromatic rings. The number of benzene rings is 2. The van der Waals surface area contributed by atoms with Crippen LogP contribution in [-0.2, 0) is 17.1 Å². The van der Waals surface area contributed by atoms with Crippen molar-refractivity contribution < 1.29 is 31.1 Å². The number of hydrogen-bond donors (Lipinski definition) is 2. The van der Waals surface area contributed by atoms with Crippen LogP contribution in [0, 0.1) is 22.7 Å². The molecule has 0 fully saturated rings. The molecule has 11 heteroatoms. The maximum Gasteiger partial charge on any atom is 0.417 e. The van der Waals surface area contributed by atoms with Crippen LogP contribution >= 0.6 is 0 Å². The zero-order valence-electron chi connectivity index (χ0n) is 15.4. The van der Waals surface area contributed by atoms with Gasteiger partial charge in [0.1, 0.15) is 0 Å². The van der Waals surface area contributed by atoms with Gasteiger partial charge in [0.15, 0.2) is 0 Å². The molecule has 0 aromatic heterocycles. The van der Waals surface area contributed by atoms with Crippen molar-refractivity contribution in [1.82, 2.24) is 0 Å². The third-order valence-corrected chi connectivity index (χ3v) is 3.98. The van der Waals surface area contributed by atoms with Gasteiger partial charge in [0, 0.05) is 23.5 Å². The molecule has 2 aromatic carbocycles. The first-order chi connectivity index (χ1) is 14.4. The van der Waals surface area contributed by atoms with E-state index >= 15 is 0 Å². The highest BCUT2D eigenvalue weighted by atomic mass is 19.4. The summed E-state index contributed by atoms with van der Waals surface area (Å²) in [6.45, 7) is 3.13. The van der Waals surface area contributed by atoms with E-state index in [4.69, 9.17) is 10.5 Å². The highest BCUT2D eigenvalue weighted by molar-refractivity contribution is 6.04. The number of carbonyl (C=O) groups excluding carboxylic acids is 1. The second kappa shape index (κ2) is 8.79. The Balaban J connectivity index is 2.10. The number of amides is 1. The number of rotatable bonds is 5. The first-order valence-corrected chi connectivity index (χ1v) is 8.32. The molecule has 0 heterocycles. The molecule has 5 nitrogen and oxygen atoms in total. The molecule has 2 rings (SSSR count). The quantitative estimate of drug-likeness (QED) is 0.504. The van der Waals surface area contributed by atoms with E-state index in [-0.39, 0.29) is 23.5 Å². The maximum atomic E-state index is 13.0. The lowest BCUT2D eigenvalue weighted by atomic mass is 10.1.